The van der Waals surface area contributed by atoms with Crippen molar-refractivity contribution >= 4 is 10.0 Å². The molecule has 3 rings (SSSR count). The first-order valence-corrected chi connectivity index (χ1v) is 9.51. The fourth-order valence-electron chi connectivity index (χ4n) is 2.94. The minimum absolute atomic E-state index is 0.191. The van der Waals surface area contributed by atoms with Crippen LogP contribution in [0.15, 0.2) is 47.4 Å². The van der Waals surface area contributed by atoms with Gasteiger partial charge >= 0.3 is 0 Å². The zero-order valence-electron chi connectivity index (χ0n) is 13.9. The van der Waals surface area contributed by atoms with Crippen LogP contribution in [0.1, 0.15) is 11.1 Å². The molecule has 1 aliphatic rings. The molecule has 5 nitrogen and oxygen atoms in total. The summed E-state index contributed by atoms with van der Waals surface area (Å²) in [6, 6.07) is 11.7. The summed E-state index contributed by atoms with van der Waals surface area (Å²) < 4.78 is 53.5. The molecule has 1 saturated heterocycles. The molecule has 0 N–H and O–H groups in total. The number of nitriles is 1. The van der Waals surface area contributed by atoms with E-state index in [0.29, 0.717) is 31.3 Å². The molecular weight excluding hydrogens is 360 g/mol. The molecule has 136 valence electrons. The largest absolute Gasteiger partial charge is 0.296 e. The second kappa shape index (κ2) is 7.50. The lowest BCUT2D eigenvalue weighted by molar-refractivity contribution is 0.181. The quantitative estimate of drug-likeness (QED) is 0.821. The van der Waals surface area contributed by atoms with Crippen molar-refractivity contribution < 1.29 is 17.2 Å². The summed E-state index contributed by atoms with van der Waals surface area (Å²) in [5.41, 5.74) is 1.54. The number of benzene rings is 2. The molecule has 1 aliphatic heterocycles. The Morgan fingerprint density at radius 2 is 1.77 bits per heavy atom. The van der Waals surface area contributed by atoms with Crippen LogP contribution in [0.3, 0.4) is 0 Å². The summed E-state index contributed by atoms with van der Waals surface area (Å²) in [6.07, 6.45) is 0. The first kappa shape index (κ1) is 18.5. The van der Waals surface area contributed by atoms with Gasteiger partial charge < -0.3 is 0 Å². The summed E-state index contributed by atoms with van der Waals surface area (Å²) in [6.45, 7) is 1.91. The van der Waals surface area contributed by atoms with Gasteiger partial charge in [0, 0.05) is 32.7 Å². The molecule has 0 spiro atoms. The molecule has 1 fully saturated rings. The van der Waals surface area contributed by atoms with E-state index in [1.165, 1.54) is 4.31 Å². The predicted molar refractivity (Wildman–Crippen MR) is 91.6 cm³/mol. The van der Waals surface area contributed by atoms with Crippen LogP contribution in [-0.4, -0.2) is 43.8 Å². The number of nitrogens with zero attached hydrogens (tertiary/aromatic N) is 3. The van der Waals surface area contributed by atoms with E-state index in [9.17, 15) is 17.2 Å². The SMILES string of the molecule is N#Cc1cccc(CN2CCN(S(=O)(=O)c3cc(F)ccc3F)CC2)c1. The van der Waals surface area contributed by atoms with E-state index in [0.717, 1.165) is 17.7 Å². The molecular formula is C18H17F2N3O2S. The lowest BCUT2D eigenvalue weighted by Gasteiger charge is -2.34. The lowest BCUT2D eigenvalue weighted by atomic mass is 10.1. The molecule has 0 radical (unpaired) electrons. The third kappa shape index (κ3) is 3.90. The Hall–Kier alpha value is -2.34. The van der Waals surface area contributed by atoms with Crippen molar-refractivity contribution in [2.75, 3.05) is 26.2 Å². The number of sulfonamides is 1. The summed E-state index contributed by atoms with van der Waals surface area (Å²) in [5, 5.41) is 8.95. The van der Waals surface area contributed by atoms with Gasteiger partial charge in [-0.15, -0.1) is 0 Å². The maximum absolute atomic E-state index is 13.8. The first-order valence-electron chi connectivity index (χ1n) is 8.07. The number of halogens is 2. The molecule has 0 atom stereocenters. The van der Waals surface area contributed by atoms with Crippen LogP contribution >= 0.6 is 0 Å². The third-order valence-corrected chi connectivity index (χ3v) is 6.22. The van der Waals surface area contributed by atoms with Gasteiger partial charge in [-0.05, 0) is 35.9 Å². The molecule has 0 aliphatic carbocycles. The molecule has 0 amide bonds. The van der Waals surface area contributed by atoms with E-state index >= 15 is 0 Å². The number of hydrogen-bond acceptors (Lipinski definition) is 4. The predicted octanol–water partition coefficient (Wildman–Crippen LogP) is 2.34. The smallest absolute Gasteiger partial charge is 0.246 e. The zero-order chi connectivity index (χ0) is 18.7. The highest BCUT2D eigenvalue weighted by Gasteiger charge is 2.31. The summed E-state index contributed by atoms with van der Waals surface area (Å²) in [4.78, 5) is 1.43. The van der Waals surface area contributed by atoms with Gasteiger partial charge in [-0.3, -0.25) is 4.90 Å². The van der Waals surface area contributed by atoms with Gasteiger partial charge in [0.1, 0.15) is 16.5 Å². The van der Waals surface area contributed by atoms with Crippen LogP contribution in [0, 0.1) is 23.0 Å². The van der Waals surface area contributed by atoms with Crippen molar-refractivity contribution in [3.05, 3.63) is 65.2 Å². The van der Waals surface area contributed by atoms with E-state index < -0.39 is 26.6 Å². The van der Waals surface area contributed by atoms with Crippen LogP contribution in [0.25, 0.3) is 0 Å². The number of piperazine rings is 1. The first-order chi connectivity index (χ1) is 12.4. The van der Waals surface area contributed by atoms with Crippen LogP contribution < -0.4 is 0 Å². The molecule has 0 aromatic heterocycles. The molecule has 2 aromatic carbocycles. The highest BCUT2D eigenvalue weighted by Crippen LogP contribution is 2.22. The van der Waals surface area contributed by atoms with Crippen molar-refractivity contribution in [2.24, 2.45) is 0 Å². The van der Waals surface area contributed by atoms with Gasteiger partial charge in [0.25, 0.3) is 0 Å². The third-order valence-electron chi connectivity index (χ3n) is 4.30. The van der Waals surface area contributed by atoms with E-state index in [1.807, 2.05) is 6.07 Å². The fourth-order valence-corrected chi connectivity index (χ4v) is 4.44. The van der Waals surface area contributed by atoms with E-state index in [4.69, 9.17) is 5.26 Å². The van der Waals surface area contributed by atoms with Crippen molar-refractivity contribution in [1.29, 1.82) is 5.26 Å². The Labute approximate surface area is 151 Å². The summed E-state index contributed by atoms with van der Waals surface area (Å²) in [5.74, 6) is -1.75. The van der Waals surface area contributed by atoms with Crippen LogP contribution in [0.5, 0.6) is 0 Å². The monoisotopic (exact) mass is 377 g/mol. The maximum atomic E-state index is 13.8. The number of rotatable bonds is 4. The zero-order valence-corrected chi connectivity index (χ0v) is 14.7. The molecule has 1 heterocycles. The Morgan fingerprint density at radius 3 is 2.46 bits per heavy atom. The number of hydrogen-bond donors (Lipinski definition) is 0. The maximum Gasteiger partial charge on any atom is 0.246 e. The fraction of sp³-hybridized carbons (Fsp3) is 0.278. The van der Waals surface area contributed by atoms with Gasteiger partial charge in [0.05, 0.1) is 11.6 Å². The molecule has 26 heavy (non-hydrogen) atoms. The van der Waals surface area contributed by atoms with Gasteiger partial charge in [0.2, 0.25) is 10.0 Å². The summed E-state index contributed by atoms with van der Waals surface area (Å²) in [7, 11) is -4.07. The minimum Gasteiger partial charge on any atom is -0.296 e. The van der Waals surface area contributed by atoms with Crippen molar-refractivity contribution in [1.82, 2.24) is 9.21 Å². The second-order valence-corrected chi connectivity index (χ2v) is 7.97. The lowest BCUT2D eigenvalue weighted by Crippen LogP contribution is -2.48. The van der Waals surface area contributed by atoms with Crippen molar-refractivity contribution in [3.63, 3.8) is 0 Å². The normalized spacial score (nSPS) is 16.3. The molecule has 8 heteroatoms. The van der Waals surface area contributed by atoms with E-state index in [2.05, 4.69) is 11.0 Å². The Kier molecular flexibility index (Phi) is 5.32. The van der Waals surface area contributed by atoms with Gasteiger partial charge in [-0.2, -0.15) is 9.57 Å². The average molecular weight is 377 g/mol. The average Bonchev–Trinajstić information content (AvgIpc) is 2.64. The minimum atomic E-state index is -4.07. The van der Waals surface area contributed by atoms with Crippen LogP contribution in [0.4, 0.5) is 8.78 Å². The van der Waals surface area contributed by atoms with E-state index in [-0.39, 0.29) is 13.1 Å². The Morgan fingerprint density at radius 1 is 1.04 bits per heavy atom. The molecule has 0 bridgehead atoms. The second-order valence-electron chi connectivity index (χ2n) is 6.07. The van der Waals surface area contributed by atoms with Gasteiger partial charge in [-0.1, -0.05) is 12.1 Å². The highest BCUT2D eigenvalue weighted by molar-refractivity contribution is 7.89. The van der Waals surface area contributed by atoms with Crippen molar-refractivity contribution in [2.45, 2.75) is 11.4 Å². The van der Waals surface area contributed by atoms with Crippen LogP contribution in [-0.2, 0) is 16.6 Å². The Bertz CT molecular complexity index is 949. The topological polar surface area (TPSA) is 64.4 Å². The molecule has 0 unspecified atom stereocenters. The van der Waals surface area contributed by atoms with Gasteiger partial charge in [0.15, 0.2) is 0 Å². The van der Waals surface area contributed by atoms with E-state index in [1.54, 1.807) is 18.2 Å². The molecule has 0 saturated carbocycles. The molecule has 2 aromatic rings. The van der Waals surface area contributed by atoms with Crippen LogP contribution in [0.2, 0.25) is 0 Å². The highest BCUT2D eigenvalue weighted by atomic mass is 32.2. The summed E-state index contributed by atoms with van der Waals surface area (Å²) >= 11 is 0. The van der Waals surface area contributed by atoms with Gasteiger partial charge in [-0.25, -0.2) is 17.2 Å². The Balaban J connectivity index is 1.68. The standard InChI is InChI=1S/C18H17F2N3O2S/c19-16-4-5-17(20)18(11-16)26(24,25)23-8-6-22(7-9-23)13-15-3-1-2-14(10-15)12-21/h1-5,10-11H,6-9,13H2. The van der Waals surface area contributed by atoms with Crippen molar-refractivity contribution in [3.8, 4) is 6.07 Å².